The lowest BCUT2D eigenvalue weighted by Gasteiger charge is -2.33. The van der Waals surface area contributed by atoms with E-state index >= 15 is 0 Å². The van der Waals surface area contributed by atoms with E-state index in [1.807, 2.05) is 13.2 Å². The average molecular weight is 481 g/mol. The minimum absolute atomic E-state index is 0. The first-order valence-corrected chi connectivity index (χ1v) is 9.68. The summed E-state index contributed by atoms with van der Waals surface area (Å²) in [5, 5.41) is 8.04. The summed E-state index contributed by atoms with van der Waals surface area (Å²) in [7, 11) is 3.60. The third-order valence-corrected chi connectivity index (χ3v) is 5.47. The van der Waals surface area contributed by atoms with Gasteiger partial charge in [-0.05, 0) is 25.7 Å². The van der Waals surface area contributed by atoms with Gasteiger partial charge >= 0.3 is 0 Å². The molecule has 6 nitrogen and oxygen atoms in total. The summed E-state index contributed by atoms with van der Waals surface area (Å²) < 4.78 is 5.13. The van der Waals surface area contributed by atoms with E-state index < -0.39 is 0 Å². The second kappa shape index (κ2) is 12.8. The van der Waals surface area contributed by atoms with Crippen molar-refractivity contribution in [2.45, 2.75) is 45.2 Å². The molecule has 0 aromatic carbocycles. The highest BCUT2D eigenvalue weighted by Gasteiger charge is 2.19. The molecular weight excluding hydrogens is 449 g/mol. The van der Waals surface area contributed by atoms with Crippen molar-refractivity contribution in [1.29, 1.82) is 0 Å². The summed E-state index contributed by atoms with van der Waals surface area (Å²) in [5.74, 6) is 0.876. The molecule has 0 atom stereocenters. The van der Waals surface area contributed by atoms with Crippen LogP contribution in [-0.4, -0.2) is 62.3 Å². The van der Waals surface area contributed by atoms with E-state index in [4.69, 9.17) is 4.74 Å². The number of hydrogen-bond acceptors (Lipinski definition) is 5. The Morgan fingerprint density at radius 1 is 1.44 bits per heavy atom. The first kappa shape index (κ1) is 22.6. The van der Waals surface area contributed by atoms with E-state index in [0.717, 1.165) is 69.4 Å². The number of thiazole rings is 1. The minimum atomic E-state index is 0. The number of halogens is 1. The summed E-state index contributed by atoms with van der Waals surface area (Å²) >= 11 is 1.77. The number of likely N-dealkylation sites (tertiary alicyclic amines) is 1. The molecule has 1 aliphatic heterocycles. The fourth-order valence-electron chi connectivity index (χ4n) is 2.87. The van der Waals surface area contributed by atoms with E-state index in [-0.39, 0.29) is 24.0 Å². The lowest BCUT2D eigenvalue weighted by atomic mass is 10.1. The summed E-state index contributed by atoms with van der Waals surface area (Å²) in [4.78, 5) is 12.6. The third kappa shape index (κ3) is 8.19. The summed E-state index contributed by atoms with van der Waals surface area (Å²) in [6.45, 7) is 7.17. The number of nitrogens with zero attached hydrogens (tertiary/aromatic N) is 3. The van der Waals surface area contributed by atoms with E-state index in [1.165, 1.54) is 4.88 Å². The predicted molar refractivity (Wildman–Crippen MR) is 116 cm³/mol. The van der Waals surface area contributed by atoms with E-state index in [1.54, 1.807) is 18.4 Å². The summed E-state index contributed by atoms with van der Waals surface area (Å²) in [6.07, 6.45) is 6.45. The highest BCUT2D eigenvalue weighted by Crippen LogP contribution is 2.13. The number of piperidine rings is 1. The zero-order valence-corrected chi connectivity index (χ0v) is 18.7. The van der Waals surface area contributed by atoms with Gasteiger partial charge in [0.2, 0.25) is 0 Å². The van der Waals surface area contributed by atoms with Gasteiger partial charge < -0.3 is 20.3 Å². The molecule has 1 aliphatic rings. The van der Waals surface area contributed by atoms with Crippen LogP contribution in [0.15, 0.2) is 11.2 Å². The number of guanidine groups is 1. The van der Waals surface area contributed by atoms with Crippen LogP contribution in [0.3, 0.4) is 0 Å². The van der Waals surface area contributed by atoms with Gasteiger partial charge in [-0.2, -0.15) is 0 Å². The Morgan fingerprint density at radius 2 is 2.20 bits per heavy atom. The number of nitrogens with one attached hydrogen (secondary N) is 2. The minimum Gasteiger partial charge on any atom is -0.385 e. The van der Waals surface area contributed by atoms with Crippen LogP contribution in [0, 0.1) is 0 Å². The van der Waals surface area contributed by atoms with Crippen LogP contribution in [0.4, 0.5) is 0 Å². The molecule has 2 N–H and O–H groups in total. The van der Waals surface area contributed by atoms with E-state index in [0.29, 0.717) is 6.04 Å². The summed E-state index contributed by atoms with van der Waals surface area (Å²) in [6, 6.07) is 0.498. The smallest absolute Gasteiger partial charge is 0.191 e. The molecule has 1 aromatic rings. The van der Waals surface area contributed by atoms with Crippen molar-refractivity contribution in [2.75, 3.05) is 40.4 Å². The van der Waals surface area contributed by atoms with Crippen LogP contribution < -0.4 is 10.6 Å². The highest BCUT2D eigenvalue weighted by atomic mass is 127. The van der Waals surface area contributed by atoms with Gasteiger partial charge in [0.15, 0.2) is 5.96 Å². The van der Waals surface area contributed by atoms with E-state index in [2.05, 4.69) is 32.4 Å². The van der Waals surface area contributed by atoms with E-state index in [9.17, 15) is 0 Å². The maximum absolute atomic E-state index is 5.13. The SMILES string of the molecule is CCc1cnc(CNC(=NC)NC2CCN(CCCOC)CC2)s1.I. The predicted octanol–water partition coefficient (Wildman–Crippen LogP) is 2.49. The first-order valence-electron chi connectivity index (χ1n) is 8.87. The second-order valence-electron chi connectivity index (χ2n) is 6.11. The molecule has 0 radical (unpaired) electrons. The number of aromatic nitrogens is 1. The van der Waals surface area contributed by atoms with Crippen LogP contribution in [0.5, 0.6) is 0 Å². The monoisotopic (exact) mass is 481 g/mol. The Hall–Kier alpha value is -0.450. The van der Waals surface area contributed by atoms with Crippen molar-refractivity contribution in [2.24, 2.45) is 4.99 Å². The number of methoxy groups -OCH3 is 1. The molecule has 2 rings (SSSR count). The molecule has 144 valence electrons. The second-order valence-corrected chi connectivity index (χ2v) is 7.31. The van der Waals surface area contributed by atoms with Crippen molar-refractivity contribution in [1.82, 2.24) is 20.5 Å². The molecule has 2 heterocycles. The zero-order chi connectivity index (χ0) is 17.2. The van der Waals surface area contributed by atoms with Gasteiger partial charge in [-0.1, -0.05) is 6.92 Å². The van der Waals surface area contributed by atoms with Crippen molar-refractivity contribution in [3.63, 3.8) is 0 Å². The molecule has 1 aromatic heterocycles. The largest absolute Gasteiger partial charge is 0.385 e. The number of hydrogen-bond donors (Lipinski definition) is 2. The van der Waals surface area contributed by atoms with Gasteiger partial charge in [0.1, 0.15) is 5.01 Å². The molecule has 0 spiro atoms. The maximum atomic E-state index is 5.13. The third-order valence-electron chi connectivity index (χ3n) is 4.33. The molecule has 25 heavy (non-hydrogen) atoms. The molecule has 1 fully saturated rings. The Bertz CT molecular complexity index is 503. The molecule has 0 aliphatic carbocycles. The quantitative estimate of drug-likeness (QED) is 0.259. The fraction of sp³-hybridized carbons (Fsp3) is 0.765. The van der Waals surface area contributed by atoms with Gasteiger partial charge in [-0.15, -0.1) is 35.3 Å². The van der Waals surface area contributed by atoms with Crippen LogP contribution in [0.25, 0.3) is 0 Å². The fourth-order valence-corrected chi connectivity index (χ4v) is 3.68. The number of aliphatic imine (C=N–C) groups is 1. The molecular formula is C17H32IN5OS. The number of aryl methyl sites for hydroxylation is 1. The van der Waals surface area contributed by atoms with Crippen LogP contribution in [0.1, 0.15) is 36.1 Å². The van der Waals surface area contributed by atoms with Gasteiger partial charge in [0.25, 0.3) is 0 Å². The number of rotatable bonds is 8. The molecule has 0 bridgehead atoms. The molecule has 0 amide bonds. The van der Waals surface area contributed by atoms with Gasteiger partial charge in [0, 0.05) is 57.5 Å². The normalized spacial score (nSPS) is 16.5. The van der Waals surface area contributed by atoms with Crippen molar-refractivity contribution >= 4 is 41.3 Å². The Kier molecular flexibility index (Phi) is 11.6. The van der Waals surface area contributed by atoms with Crippen molar-refractivity contribution in [3.8, 4) is 0 Å². The van der Waals surface area contributed by atoms with Gasteiger partial charge in [-0.25, -0.2) is 4.98 Å². The molecule has 0 saturated carbocycles. The lowest BCUT2D eigenvalue weighted by molar-refractivity contribution is 0.155. The molecule has 0 unspecified atom stereocenters. The Morgan fingerprint density at radius 3 is 2.80 bits per heavy atom. The molecule has 8 heteroatoms. The van der Waals surface area contributed by atoms with Gasteiger partial charge in [-0.3, -0.25) is 4.99 Å². The summed E-state index contributed by atoms with van der Waals surface area (Å²) in [5.41, 5.74) is 0. The lowest BCUT2D eigenvalue weighted by Crippen LogP contribution is -2.48. The first-order chi connectivity index (χ1) is 11.7. The van der Waals surface area contributed by atoms with Crippen LogP contribution in [-0.2, 0) is 17.7 Å². The molecule has 1 saturated heterocycles. The van der Waals surface area contributed by atoms with Crippen LogP contribution >= 0.6 is 35.3 Å². The number of ether oxygens (including phenoxy) is 1. The standard InChI is InChI=1S/C17H31N5OS.HI/c1-4-15-12-19-16(24-15)13-20-17(18-2)21-14-6-9-22(10-7-14)8-5-11-23-3;/h12,14H,4-11,13H2,1-3H3,(H2,18,20,21);1H. The van der Waals surface area contributed by atoms with Gasteiger partial charge in [0.05, 0.1) is 6.54 Å². The Balaban J connectivity index is 0.00000312. The topological polar surface area (TPSA) is 61.8 Å². The van der Waals surface area contributed by atoms with Crippen LogP contribution in [0.2, 0.25) is 0 Å². The zero-order valence-electron chi connectivity index (χ0n) is 15.6. The maximum Gasteiger partial charge on any atom is 0.191 e. The Labute approximate surface area is 172 Å². The average Bonchev–Trinajstić information content (AvgIpc) is 3.08. The van der Waals surface area contributed by atoms with Crippen molar-refractivity contribution in [3.05, 3.63) is 16.1 Å². The highest BCUT2D eigenvalue weighted by molar-refractivity contribution is 14.0. The van der Waals surface area contributed by atoms with Crippen molar-refractivity contribution < 1.29 is 4.74 Å².